The molecule has 0 spiro atoms. The molecule has 1 amide bonds. The summed E-state index contributed by atoms with van der Waals surface area (Å²) in [6.45, 7) is 6.07. The van der Waals surface area contributed by atoms with Gasteiger partial charge in [0.2, 0.25) is 0 Å². The Morgan fingerprint density at radius 1 is 1.16 bits per heavy atom. The smallest absolute Gasteiger partial charge is 0.252 e. The number of rotatable bonds is 8. The van der Waals surface area contributed by atoms with Crippen molar-refractivity contribution in [3.05, 3.63) is 89.2 Å². The van der Waals surface area contributed by atoms with E-state index in [9.17, 15) is 4.79 Å². The van der Waals surface area contributed by atoms with Crippen molar-refractivity contribution in [3.63, 3.8) is 0 Å². The van der Waals surface area contributed by atoms with Gasteiger partial charge in [0.25, 0.3) is 5.91 Å². The van der Waals surface area contributed by atoms with Crippen LogP contribution in [0.2, 0.25) is 0 Å². The zero-order valence-electron chi connectivity index (χ0n) is 18.4. The summed E-state index contributed by atoms with van der Waals surface area (Å²) in [4.78, 5) is 20.7. The summed E-state index contributed by atoms with van der Waals surface area (Å²) in [6.07, 6.45) is 2.50. The van der Waals surface area contributed by atoms with Crippen molar-refractivity contribution < 1.29 is 14.1 Å². The molecule has 164 valence electrons. The molecule has 7 heteroatoms. The van der Waals surface area contributed by atoms with Crippen molar-refractivity contribution in [1.29, 1.82) is 0 Å². The summed E-state index contributed by atoms with van der Waals surface area (Å²) < 4.78 is 11.0. The van der Waals surface area contributed by atoms with Crippen molar-refractivity contribution in [2.45, 2.75) is 39.8 Å². The van der Waals surface area contributed by atoms with Gasteiger partial charge < -0.3 is 19.6 Å². The Morgan fingerprint density at radius 3 is 2.69 bits per heavy atom. The quantitative estimate of drug-likeness (QED) is 0.404. The SMILES string of the molecule is CCC(NC(=O)c1cccc(OCc2c(C)noc2C)c1)c1ncc(-c2ccccc2)[nH]1. The van der Waals surface area contributed by atoms with Crippen LogP contribution in [-0.4, -0.2) is 21.0 Å². The van der Waals surface area contributed by atoms with Crippen LogP contribution >= 0.6 is 0 Å². The lowest BCUT2D eigenvalue weighted by Gasteiger charge is -2.15. The molecule has 7 nitrogen and oxygen atoms in total. The molecule has 0 bridgehead atoms. The third-order valence-electron chi connectivity index (χ3n) is 5.38. The second kappa shape index (κ2) is 9.51. The molecule has 0 radical (unpaired) electrons. The predicted octanol–water partition coefficient (Wildman–Crippen LogP) is 5.14. The predicted molar refractivity (Wildman–Crippen MR) is 121 cm³/mol. The molecule has 0 aliphatic rings. The first kappa shape index (κ1) is 21.4. The molecule has 0 fully saturated rings. The number of nitrogens with zero attached hydrogens (tertiary/aromatic N) is 2. The third-order valence-corrected chi connectivity index (χ3v) is 5.38. The van der Waals surface area contributed by atoms with Gasteiger partial charge in [-0.3, -0.25) is 4.79 Å². The van der Waals surface area contributed by atoms with Gasteiger partial charge >= 0.3 is 0 Å². The number of aryl methyl sites for hydroxylation is 2. The maximum atomic E-state index is 12.9. The third kappa shape index (κ3) is 4.72. The Morgan fingerprint density at radius 2 is 1.97 bits per heavy atom. The van der Waals surface area contributed by atoms with E-state index in [0.29, 0.717) is 24.3 Å². The van der Waals surface area contributed by atoms with Crippen LogP contribution in [0.5, 0.6) is 5.75 Å². The molecule has 2 N–H and O–H groups in total. The lowest BCUT2D eigenvalue weighted by atomic mass is 10.1. The molecular formula is C25H26N4O3. The molecular weight excluding hydrogens is 404 g/mol. The second-order valence-electron chi connectivity index (χ2n) is 7.60. The standard InChI is InChI=1S/C25H26N4O3/c1-4-22(24-26-14-23(27-24)18-9-6-5-7-10-18)28-25(30)19-11-8-12-20(13-19)31-15-21-16(2)29-32-17(21)3/h5-14,22H,4,15H2,1-3H3,(H,26,27)(H,28,30). The Hall–Kier alpha value is -3.87. The number of ether oxygens (including phenoxy) is 1. The van der Waals surface area contributed by atoms with E-state index < -0.39 is 0 Å². The van der Waals surface area contributed by atoms with Gasteiger partial charge in [0.1, 0.15) is 23.9 Å². The highest BCUT2D eigenvalue weighted by Crippen LogP contribution is 2.22. The van der Waals surface area contributed by atoms with Gasteiger partial charge in [-0.05, 0) is 44.0 Å². The van der Waals surface area contributed by atoms with Crippen molar-refractivity contribution in [3.8, 4) is 17.0 Å². The average molecular weight is 431 g/mol. The van der Waals surface area contributed by atoms with Gasteiger partial charge in [-0.1, -0.05) is 48.5 Å². The first-order valence-electron chi connectivity index (χ1n) is 10.6. The number of amides is 1. The van der Waals surface area contributed by atoms with Crippen LogP contribution in [0.25, 0.3) is 11.3 Å². The van der Waals surface area contributed by atoms with Crippen LogP contribution in [0, 0.1) is 13.8 Å². The number of hydrogen-bond acceptors (Lipinski definition) is 5. The minimum absolute atomic E-state index is 0.183. The Labute approximate surface area is 186 Å². The number of carbonyl (C=O) groups excluding carboxylic acids is 1. The first-order chi connectivity index (χ1) is 15.5. The Kier molecular flexibility index (Phi) is 6.35. The van der Waals surface area contributed by atoms with Gasteiger partial charge in [0.15, 0.2) is 0 Å². The number of imidazole rings is 1. The van der Waals surface area contributed by atoms with E-state index in [1.807, 2.05) is 57.2 Å². The fourth-order valence-electron chi connectivity index (χ4n) is 3.47. The number of aromatic amines is 1. The summed E-state index contributed by atoms with van der Waals surface area (Å²) in [5, 5.41) is 7.00. The van der Waals surface area contributed by atoms with E-state index in [4.69, 9.17) is 9.26 Å². The molecule has 0 saturated carbocycles. The average Bonchev–Trinajstić information content (AvgIpc) is 3.43. The first-order valence-corrected chi connectivity index (χ1v) is 10.6. The van der Waals surface area contributed by atoms with Crippen LogP contribution in [0.4, 0.5) is 0 Å². The molecule has 0 aliphatic carbocycles. The van der Waals surface area contributed by atoms with Crippen LogP contribution < -0.4 is 10.1 Å². The van der Waals surface area contributed by atoms with Crippen LogP contribution in [-0.2, 0) is 6.61 Å². The largest absolute Gasteiger partial charge is 0.489 e. The summed E-state index contributed by atoms with van der Waals surface area (Å²) in [6, 6.07) is 16.9. The van der Waals surface area contributed by atoms with E-state index in [1.165, 1.54) is 0 Å². The second-order valence-corrected chi connectivity index (χ2v) is 7.60. The fourth-order valence-corrected chi connectivity index (χ4v) is 3.47. The van der Waals surface area contributed by atoms with Gasteiger partial charge in [-0.15, -0.1) is 0 Å². The molecule has 0 aliphatic heterocycles. The number of nitrogens with one attached hydrogen (secondary N) is 2. The number of hydrogen-bond donors (Lipinski definition) is 2. The van der Waals surface area contributed by atoms with Gasteiger partial charge in [-0.2, -0.15) is 0 Å². The number of carbonyl (C=O) groups is 1. The summed E-state index contributed by atoms with van der Waals surface area (Å²) in [5.41, 5.74) is 4.21. The normalized spacial score (nSPS) is 11.8. The summed E-state index contributed by atoms with van der Waals surface area (Å²) in [5.74, 6) is 1.88. The van der Waals surface area contributed by atoms with E-state index >= 15 is 0 Å². The van der Waals surface area contributed by atoms with Crippen LogP contribution in [0.1, 0.15) is 52.6 Å². The van der Waals surface area contributed by atoms with Gasteiger partial charge in [-0.25, -0.2) is 4.98 Å². The van der Waals surface area contributed by atoms with Crippen LogP contribution in [0.3, 0.4) is 0 Å². The highest BCUT2D eigenvalue weighted by Gasteiger charge is 2.18. The van der Waals surface area contributed by atoms with E-state index in [2.05, 4.69) is 20.4 Å². The molecule has 2 aromatic carbocycles. The zero-order chi connectivity index (χ0) is 22.5. The van der Waals surface area contributed by atoms with Gasteiger partial charge in [0.05, 0.1) is 29.2 Å². The van der Waals surface area contributed by atoms with E-state index in [-0.39, 0.29) is 11.9 Å². The molecule has 2 heterocycles. The minimum Gasteiger partial charge on any atom is -0.489 e. The highest BCUT2D eigenvalue weighted by atomic mass is 16.5. The number of H-pyrrole nitrogens is 1. The molecule has 4 rings (SSSR count). The van der Waals surface area contributed by atoms with Crippen molar-refractivity contribution >= 4 is 5.91 Å². The Balaban J connectivity index is 1.43. The number of aromatic nitrogens is 3. The number of benzene rings is 2. The van der Waals surface area contributed by atoms with Crippen molar-refractivity contribution in [2.24, 2.45) is 0 Å². The lowest BCUT2D eigenvalue weighted by Crippen LogP contribution is -2.28. The van der Waals surface area contributed by atoms with Crippen molar-refractivity contribution in [1.82, 2.24) is 20.4 Å². The fraction of sp³-hybridized carbons (Fsp3) is 0.240. The molecule has 2 aromatic heterocycles. The zero-order valence-corrected chi connectivity index (χ0v) is 18.4. The van der Waals surface area contributed by atoms with Crippen LogP contribution in [0.15, 0.2) is 65.3 Å². The lowest BCUT2D eigenvalue weighted by molar-refractivity contribution is 0.0933. The molecule has 0 saturated heterocycles. The molecule has 32 heavy (non-hydrogen) atoms. The van der Waals surface area contributed by atoms with Gasteiger partial charge in [0, 0.05) is 5.56 Å². The molecule has 4 aromatic rings. The minimum atomic E-state index is -0.230. The molecule has 1 atom stereocenters. The van der Waals surface area contributed by atoms with E-state index in [1.54, 1.807) is 24.4 Å². The molecule has 1 unspecified atom stereocenters. The topological polar surface area (TPSA) is 93.0 Å². The maximum absolute atomic E-state index is 12.9. The summed E-state index contributed by atoms with van der Waals surface area (Å²) in [7, 11) is 0. The van der Waals surface area contributed by atoms with Crippen molar-refractivity contribution in [2.75, 3.05) is 0 Å². The van der Waals surface area contributed by atoms with E-state index in [0.717, 1.165) is 34.1 Å². The monoisotopic (exact) mass is 430 g/mol. The summed E-state index contributed by atoms with van der Waals surface area (Å²) >= 11 is 0. The Bertz CT molecular complexity index is 1180. The maximum Gasteiger partial charge on any atom is 0.252 e. The highest BCUT2D eigenvalue weighted by molar-refractivity contribution is 5.94.